The topological polar surface area (TPSA) is 50.8 Å². The van der Waals surface area contributed by atoms with Crippen LogP contribution in [0, 0.1) is 0 Å². The van der Waals surface area contributed by atoms with Crippen molar-refractivity contribution in [2.45, 2.75) is 38.3 Å². The van der Waals surface area contributed by atoms with Crippen molar-refractivity contribution in [1.82, 2.24) is 10.2 Å². The number of fused-ring (bicyclic) bond motifs is 1. The lowest BCUT2D eigenvalue weighted by Crippen LogP contribution is -2.48. The monoisotopic (exact) mass is 304 g/mol. The number of likely N-dealkylation sites (tertiary alicyclic amines) is 1. The van der Waals surface area contributed by atoms with Crippen LogP contribution in [0.3, 0.4) is 0 Å². The molecule has 0 spiro atoms. The normalized spacial score (nSPS) is 20.4. The number of amides is 1. The first-order valence-electron chi connectivity index (χ1n) is 8.10. The van der Waals surface area contributed by atoms with E-state index in [4.69, 9.17) is 9.47 Å². The standard InChI is InChI=1S/C17H24N2O3/c1-13(19-6-2-3-7-19)15(18-12-20)10-14-4-5-16-17(11-14)22-9-8-21-16/h4-5,11-13,15H,2-3,6-10H2,1H3,(H,18,20). The molecule has 2 heterocycles. The van der Waals surface area contributed by atoms with Crippen molar-refractivity contribution in [2.75, 3.05) is 26.3 Å². The van der Waals surface area contributed by atoms with E-state index in [-0.39, 0.29) is 6.04 Å². The summed E-state index contributed by atoms with van der Waals surface area (Å²) in [6.07, 6.45) is 4.12. The van der Waals surface area contributed by atoms with E-state index >= 15 is 0 Å². The second kappa shape index (κ2) is 7.01. The number of hydrogen-bond donors (Lipinski definition) is 1. The first-order chi connectivity index (χ1) is 10.8. The lowest BCUT2D eigenvalue weighted by Gasteiger charge is -2.31. The van der Waals surface area contributed by atoms with E-state index in [0.29, 0.717) is 19.3 Å². The van der Waals surface area contributed by atoms with E-state index < -0.39 is 0 Å². The molecule has 2 unspecified atom stereocenters. The molecule has 1 N–H and O–H groups in total. The highest BCUT2D eigenvalue weighted by molar-refractivity contribution is 5.48. The Hall–Kier alpha value is -1.75. The molecule has 5 heteroatoms. The molecule has 5 nitrogen and oxygen atoms in total. The molecule has 3 rings (SSSR count). The smallest absolute Gasteiger partial charge is 0.207 e. The van der Waals surface area contributed by atoms with Crippen molar-refractivity contribution < 1.29 is 14.3 Å². The van der Waals surface area contributed by atoms with Crippen LogP contribution in [0.25, 0.3) is 0 Å². The van der Waals surface area contributed by atoms with Crippen LogP contribution >= 0.6 is 0 Å². The number of nitrogens with one attached hydrogen (secondary N) is 1. The molecule has 0 aliphatic carbocycles. The molecule has 22 heavy (non-hydrogen) atoms. The van der Waals surface area contributed by atoms with Crippen LogP contribution in [-0.2, 0) is 11.2 Å². The van der Waals surface area contributed by atoms with Gasteiger partial charge in [-0.3, -0.25) is 9.69 Å². The molecule has 2 atom stereocenters. The molecule has 2 aliphatic heterocycles. The molecule has 2 aliphatic rings. The Morgan fingerprint density at radius 1 is 1.23 bits per heavy atom. The number of carbonyl (C=O) groups is 1. The molecule has 1 amide bonds. The fourth-order valence-corrected chi connectivity index (χ4v) is 3.33. The van der Waals surface area contributed by atoms with Gasteiger partial charge < -0.3 is 14.8 Å². The third-order valence-corrected chi connectivity index (χ3v) is 4.64. The summed E-state index contributed by atoms with van der Waals surface area (Å²) in [5, 5.41) is 2.99. The van der Waals surface area contributed by atoms with Crippen molar-refractivity contribution in [3.63, 3.8) is 0 Å². The Morgan fingerprint density at radius 3 is 2.68 bits per heavy atom. The summed E-state index contributed by atoms with van der Waals surface area (Å²) in [5.74, 6) is 1.62. The summed E-state index contributed by atoms with van der Waals surface area (Å²) in [6, 6.07) is 6.50. The minimum atomic E-state index is 0.109. The fraction of sp³-hybridized carbons (Fsp3) is 0.588. The molecule has 0 aromatic heterocycles. The van der Waals surface area contributed by atoms with Gasteiger partial charge >= 0.3 is 0 Å². The maximum atomic E-state index is 11.0. The third-order valence-electron chi connectivity index (χ3n) is 4.64. The van der Waals surface area contributed by atoms with Gasteiger partial charge in [0, 0.05) is 12.1 Å². The maximum absolute atomic E-state index is 11.0. The van der Waals surface area contributed by atoms with Gasteiger partial charge in [0.1, 0.15) is 13.2 Å². The second-order valence-corrected chi connectivity index (χ2v) is 6.06. The predicted molar refractivity (Wildman–Crippen MR) is 84.4 cm³/mol. The third kappa shape index (κ3) is 3.35. The van der Waals surface area contributed by atoms with Crippen LogP contribution in [0.1, 0.15) is 25.3 Å². The van der Waals surface area contributed by atoms with Gasteiger partial charge in [0.2, 0.25) is 6.41 Å². The highest BCUT2D eigenvalue weighted by Crippen LogP contribution is 2.31. The van der Waals surface area contributed by atoms with Crippen molar-refractivity contribution >= 4 is 6.41 Å². The summed E-state index contributed by atoms with van der Waals surface area (Å²) in [4.78, 5) is 13.4. The summed E-state index contributed by atoms with van der Waals surface area (Å²) in [6.45, 7) is 5.65. The highest BCUT2D eigenvalue weighted by Gasteiger charge is 2.26. The molecule has 120 valence electrons. The summed E-state index contributed by atoms with van der Waals surface area (Å²) in [5.41, 5.74) is 1.16. The van der Waals surface area contributed by atoms with Crippen molar-refractivity contribution in [3.05, 3.63) is 23.8 Å². The Kier molecular flexibility index (Phi) is 4.83. The zero-order chi connectivity index (χ0) is 15.4. The summed E-state index contributed by atoms with van der Waals surface area (Å²) in [7, 11) is 0. The van der Waals surface area contributed by atoms with Gasteiger partial charge in [0.05, 0.1) is 0 Å². The van der Waals surface area contributed by atoms with Crippen molar-refractivity contribution in [1.29, 1.82) is 0 Å². The van der Waals surface area contributed by atoms with E-state index in [1.807, 2.05) is 12.1 Å². The molecular formula is C17H24N2O3. The van der Waals surface area contributed by atoms with Crippen LogP contribution in [0.2, 0.25) is 0 Å². The van der Waals surface area contributed by atoms with E-state index in [1.165, 1.54) is 12.8 Å². The Bertz CT molecular complexity index is 515. The average molecular weight is 304 g/mol. The SMILES string of the molecule is CC(C(Cc1ccc2c(c1)OCCO2)NC=O)N1CCCC1. The summed E-state index contributed by atoms with van der Waals surface area (Å²) < 4.78 is 11.2. The molecular weight excluding hydrogens is 280 g/mol. The van der Waals surface area contributed by atoms with Gasteiger partial charge in [-0.15, -0.1) is 0 Å². The zero-order valence-corrected chi connectivity index (χ0v) is 13.1. The highest BCUT2D eigenvalue weighted by atomic mass is 16.6. The van der Waals surface area contributed by atoms with Crippen LogP contribution in [0.5, 0.6) is 11.5 Å². The minimum Gasteiger partial charge on any atom is -0.486 e. The van der Waals surface area contributed by atoms with Crippen molar-refractivity contribution in [2.24, 2.45) is 0 Å². The van der Waals surface area contributed by atoms with E-state index in [2.05, 4.69) is 23.2 Å². The minimum absolute atomic E-state index is 0.109. The lowest BCUT2D eigenvalue weighted by molar-refractivity contribution is -0.110. The maximum Gasteiger partial charge on any atom is 0.207 e. The largest absolute Gasteiger partial charge is 0.486 e. The lowest BCUT2D eigenvalue weighted by atomic mass is 9.99. The van der Waals surface area contributed by atoms with Gasteiger partial charge in [-0.2, -0.15) is 0 Å². The summed E-state index contributed by atoms with van der Waals surface area (Å²) >= 11 is 0. The van der Waals surface area contributed by atoms with E-state index in [0.717, 1.165) is 43.0 Å². The number of nitrogens with zero attached hydrogens (tertiary/aromatic N) is 1. The number of benzene rings is 1. The van der Waals surface area contributed by atoms with E-state index in [1.54, 1.807) is 0 Å². The Balaban J connectivity index is 1.71. The number of rotatable bonds is 6. The Morgan fingerprint density at radius 2 is 1.95 bits per heavy atom. The zero-order valence-electron chi connectivity index (χ0n) is 13.1. The fourth-order valence-electron chi connectivity index (χ4n) is 3.33. The molecule has 1 aromatic rings. The van der Waals surface area contributed by atoms with Gasteiger partial charge in [-0.1, -0.05) is 6.07 Å². The van der Waals surface area contributed by atoms with Gasteiger partial charge in [0.25, 0.3) is 0 Å². The van der Waals surface area contributed by atoms with Crippen LogP contribution < -0.4 is 14.8 Å². The first kappa shape index (κ1) is 15.2. The Labute approximate surface area is 131 Å². The van der Waals surface area contributed by atoms with Gasteiger partial charge in [0.15, 0.2) is 11.5 Å². The first-order valence-corrected chi connectivity index (χ1v) is 8.10. The molecule has 0 saturated carbocycles. The number of ether oxygens (including phenoxy) is 2. The predicted octanol–water partition coefficient (Wildman–Crippen LogP) is 1.60. The quantitative estimate of drug-likeness (QED) is 0.811. The van der Waals surface area contributed by atoms with Gasteiger partial charge in [-0.05, 0) is 57.0 Å². The number of hydrogen-bond acceptors (Lipinski definition) is 4. The van der Waals surface area contributed by atoms with Gasteiger partial charge in [-0.25, -0.2) is 0 Å². The molecule has 0 bridgehead atoms. The van der Waals surface area contributed by atoms with Crippen molar-refractivity contribution in [3.8, 4) is 11.5 Å². The second-order valence-electron chi connectivity index (χ2n) is 6.06. The molecule has 1 fully saturated rings. The van der Waals surface area contributed by atoms with Crippen LogP contribution in [-0.4, -0.2) is 49.7 Å². The molecule has 0 radical (unpaired) electrons. The van der Waals surface area contributed by atoms with Crippen LogP contribution in [0.4, 0.5) is 0 Å². The molecule has 1 aromatic carbocycles. The number of carbonyl (C=O) groups excluding carboxylic acids is 1. The average Bonchev–Trinajstić information content (AvgIpc) is 3.08. The molecule has 1 saturated heterocycles. The van der Waals surface area contributed by atoms with E-state index in [9.17, 15) is 4.79 Å². The van der Waals surface area contributed by atoms with Crippen LogP contribution in [0.15, 0.2) is 18.2 Å².